The molecular weight excluding hydrogens is 223 g/mol. The number of aliphatic hydroxyl groups excluding tert-OH is 1. The lowest BCUT2D eigenvalue weighted by Crippen LogP contribution is -2.49. The van der Waals surface area contributed by atoms with E-state index < -0.39 is 0 Å². The van der Waals surface area contributed by atoms with Crippen LogP contribution in [0.2, 0.25) is 0 Å². The normalized spacial score (nSPS) is 20.2. The summed E-state index contributed by atoms with van der Waals surface area (Å²) in [5.74, 6) is -0.310. The van der Waals surface area contributed by atoms with Gasteiger partial charge < -0.3 is 15.3 Å². The number of rotatable bonds is 3. The molecule has 5 heteroatoms. The minimum Gasteiger partial charge on any atom is -0.395 e. The highest BCUT2D eigenvalue weighted by molar-refractivity contribution is 5.75. The third-order valence-electron chi connectivity index (χ3n) is 2.94. The van der Waals surface area contributed by atoms with Gasteiger partial charge in [-0.3, -0.25) is 0 Å². The maximum absolute atomic E-state index is 13.7. The molecule has 2 amide bonds. The van der Waals surface area contributed by atoms with Gasteiger partial charge >= 0.3 is 6.03 Å². The molecule has 2 N–H and O–H groups in total. The van der Waals surface area contributed by atoms with Crippen molar-refractivity contribution in [2.45, 2.75) is 12.5 Å². The highest BCUT2D eigenvalue weighted by atomic mass is 19.1. The number of hydrogen-bond acceptors (Lipinski definition) is 2. The number of urea groups is 1. The zero-order chi connectivity index (χ0) is 12.3. The van der Waals surface area contributed by atoms with E-state index in [9.17, 15) is 9.18 Å². The molecule has 1 atom stereocenters. The Bertz CT molecular complexity index is 411. The van der Waals surface area contributed by atoms with E-state index in [1.54, 1.807) is 18.2 Å². The van der Waals surface area contributed by atoms with E-state index in [4.69, 9.17) is 5.11 Å². The van der Waals surface area contributed by atoms with Gasteiger partial charge in [0, 0.05) is 18.7 Å². The van der Waals surface area contributed by atoms with Crippen LogP contribution in [0.5, 0.6) is 0 Å². The van der Waals surface area contributed by atoms with E-state index in [0.717, 1.165) is 0 Å². The summed E-state index contributed by atoms with van der Waals surface area (Å²) >= 11 is 0. The minimum atomic E-state index is -0.310. The first-order valence-corrected chi connectivity index (χ1v) is 5.64. The Balaban J connectivity index is 2.28. The van der Waals surface area contributed by atoms with E-state index in [2.05, 4.69) is 5.32 Å². The molecular formula is C12H15FN2O2. The predicted molar refractivity (Wildman–Crippen MR) is 60.9 cm³/mol. The molecule has 17 heavy (non-hydrogen) atoms. The molecule has 0 bridgehead atoms. The molecule has 0 saturated carbocycles. The van der Waals surface area contributed by atoms with Crippen molar-refractivity contribution in [2.24, 2.45) is 0 Å². The smallest absolute Gasteiger partial charge is 0.317 e. The van der Waals surface area contributed by atoms with E-state index in [1.807, 2.05) is 0 Å². The fraction of sp³-hybridized carbons (Fsp3) is 0.417. The van der Waals surface area contributed by atoms with Crippen molar-refractivity contribution in [2.75, 3.05) is 19.7 Å². The molecule has 1 fully saturated rings. The number of amides is 2. The number of hydrogen-bond donors (Lipinski definition) is 2. The van der Waals surface area contributed by atoms with Crippen LogP contribution in [0.15, 0.2) is 24.3 Å². The number of β-amino-alcohol motifs (C(OH)–C–C–N with tert-alkyl or cyclic N) is 1. The van der Waals surface area contributed by atoms with Gasteiger partial charge in [-0.15, -0.1) is 0 Å². The average molecular weight is 238 g/mol. The zero-order valence-corrected chi connectivity index (χ0v) is 9.40. The third kappa shape index (κ3) is 2.39. The summed E-state index contributed by atoms with van der Waals surface area (Å²) in [7, 11) is 0. The maximum atomic E-state index is 13.7. The van der Waals surface area contributed by atoms with Crippen LogP contribution in [0.4, 0.5) is 9.18 Å². The van der Waals surface area contributed by atoms with Crippen LogP contribution in [-0.2, 0) is 0 Å². The molecule has 1 aromatic carbocycles. The molecule has 1 heterocycles. The van der Waals surface area contributed by atoms with Crippen molar-refractivity contribution in [1.29, 1.82) is 0 Å². The number of carbonyl (C=O) groups excluding carboxylic acids is 1. The van der Waals surface area contributed by atoms with Crippen molar-refractivity contribution in [1.82, 2.24) is 10.2 Å². The Morgan fingerprint density at radius 2 is 2.24 bits per heavy atom. The van der Waals surface area contributed by atoms with Gasteiger partial charge in [0.25, 0.3) is 0 Å². The van der Waals surface area contributed by atoms with Gasteiger partial charge in [0.2, 0.25) is 0 Å². The fourth-order valence-corrected chi connectivity index (χ4v) is 2.15. The van der Waals surface area contributed by atoms with Gasteiger partial charge in [-0.25, -0.2) is 9.18 Å². The molecule has 1 aromatic rings. The number of aliphatic hydroxyl groups is 1. The molecule has 1 aliphatic heterocycles. The Hall–Kier alpha value is -1.62. The van der Waals surface area contributed by atoms with Crippen LogP contribution < -0.4 is 5.32 Å². The zero-order valence-electron chi connectivity index (χ0n) is 9.40. The molecule has 92 valence electrons. The molecule has 1 aliphatic rings. The lowest BCUT2D eigenvalue weighted by Gasteiger charge is -2.36. The molecule has 0 spiro atoms. The molecule has 0 aromatic heterocycles. The molecule has 0 radical (unpaired) electrons. The maximum Gasteiger partial charge on any atom is 0.317 e. The first-order valence-electron chi connectivity index (χ1n) is 5.64. The summed E-state index contributed by atoms with van der Waals surface area (Å²) in [5.41, 5.74) is 0.510. The number of carbonyl (C=O) groups is 1. The number of halogens is 1. The lowest BCUT2D eigenvalue weighted by molar-refractivity contribution is 0.132. The fourth-order valence-electron chi connectivity index (χ4n) is 2.15. The van der Waals surface area contributed by atoms with Gasteiger partial charge in [-0.1, -0.05) is 18.2 Å². The SMILES string of the molecule is O=C1NCCC(c2ccccc2F)N1CCO. The number of benzene rings is 1. The predicted octanol–water partition coefficient (Wildman–Crippen LogP) is 1.27. The second kappa shape index (κ2) is 5.14. The number of nitrogens with one attached hydrogen (secondary N) is 1. The van der Waals surface area contributed by atoms with Crippen molar-refractivity contribution in [3.63, 3.8) is 0 Å². The Labute approximate surface area is 99.0 Å². The minimum absolute atomic E-state index is 0.127. The second-order valence-corrected chi connectivity index (χ2v) is 3.97. The summed E-state index contributed by atoms with van der Waals surface area (Å²) < 4.78 is 13.7. The first-order chi connectivity index (χ1) is 8.24. The summed E-state index contributed by atoms with van der Waals surface area (Å²) in [6.07, 6.45) is 0.646. The second-order valence-electron chi connectivity index (χ2n) is 3.97. The van der Waals surface area contributed by atoms with Gasteiger partial charge in [0.05, 0.1) is 12.6 Å². The standard InChI is InChI=1S/C12H15FN2O2/c13-10-4-2-1-3-9(10)11-5-6-14-12(17)15(11)7-8-16/h1-4,11,16H,5-8H2,(H,14,17). The highest BCUT2D eigenvalue weighted by Crippen LogP contribution is 2.28. The lowest BCUT2D eigenvalue weighted by atomic mass is 10.00. The van der Waals surface area contributed by atoms with E-state index in [-0.39, 0.29) is 31.0 Å². The summed E-state index contributed by atoms with van der Waals surface area (Å²) in [6.45, 7) is 0.614. The van der Waals surface area contributed by atoms with E-state index in [0.29, 0.717) is 18.5 Å². The van der Waals surface area contributed by atoms with Crippen molar-refractivity contribution in [3.05, 3.63) is 35.6 Å². The van der Waals surface area contributed by atoms with Crippen molar-refractivity contribution in [3.8, 4) is 0 Å². The summed E-state index contributed by atoms with van der Waals surface area (Å²) in [4.78, 5) is 13.1. The van der Waals surface area contributed by atoms with Crippen molar-refractivity contribution >= 4 is 6.03 Å². The quantitative estimate of drug-likeness (QED) is 0.833. The Kier molecular flexibility index (Phi) is 3.58. The summed E-state index contributed by atoms with van der Waals surface area (Å²) in [6, 6.07) is 5.90. The van der Waals surface area contributed by atoms with Crippen LogP contribution >= 0.6 is 0 Å². The van der Waals surface area contributed by atoms with E-state index in [1.165, 1.54) is 11.0 Å². The van der Waals surface area contributed by atoms with Crippen LogP contribution in [0.3, 0.4) is 0 Å². The van der Waals surface area contributed by atoms with Gasteiger partial charge in [-0.05, 0) is 12.5 Å². The topological polar surface area (TPSA) is 52.6 Å². The van der Waals surface area contributed by atoms with Crippen LogP contribution in [0, 0.1) is 5.82 Å². The first kappa shape index (κ1) is 11.9. The van der Waals surface area contributed by atoms with Gasteiger partial charge in [-0.2, -0.15) is 0 Å². The third-order valence-corrected chi connectivity index (χ3v) is 2.94. The van der Waals surface area contributed by atoms with Gasteiger partial charge in [0.15, 0.2) is 0 Å². The summed E-state index contributed by atoms with van der Waals surface area (Å²) in [5, 5.41) is 11.6. The molecule has 1 unspecified atom stereocenters. The molecule has 1 saturated heterocycles. The molecule has 4 nitrogen and oxygen atoms in total. The van der Waals surface area contributed by atoms with Crippen molar-refractivity contribution < 1.29 is 14.3 Å². The molecule has 0 aliphatic carbocycles. The number of nitrogens with zero attached hydrogens (tertiary/aromatic N) is 1. The van der Waals surface area contributed by atoms with Crippen LogP contribution in [0.1, 0.15) is 18.0 Å². The van der Waals surface area contributed by atoms with Crippen LogP contribution in [-0.4, -0.2) is 35.7 Å². The van der Waals surface area contributed by atoms with E-state index >= 15 is 0 Å². The largest absolute Gasteiger partial charge is 0.395 e. The van der Waals surface area contributed by atoms with Crippen LogP contribution in [0.25, 0.3) is 0 Å². The highest BCUT2D eigenvalue weighted by Gasteiger charge is 2.29. The Morgan fingerprint density at radius 1 is 1.47 bits per heavy atom. The Morgan fingerprint density at radius 3 is 2.94 bits per heavy atom. The monoisotopic (exact) mass is 238 g/mol. The molecule has 2 rings (SSSR count). The van der Waals surface area contributed by atoms with Gasteiger partial charge in [0.1, 0.15) is 5.82 Å². The average Bonchev–Trinajstić information content (AvgIpc) is 2.33.